The van der Waals surface area contributed by atoms with Gasteiger partial charge in [0.25, 0.3) is 5.91 Å². The highest BCUT2D eigenvalue weighted by atomic mass is 32.1. The lowest BCUT2D eigenvalue weighted by atomic mass is 9.87. The van der Waals surface area contributed by atoms with Crippen LogP contribution in [0.1, 0.15) is 63.1 Å². The number of hydrogen-bond donors (Lipinski definition) is 1. The molecule has 0 aliphatic rings. The van der Waals surface area contributed by atoms with Crippen LogP contribution in [-0.2, 0) is 10.2 Å². The molecule has 5 heteroatoms. The maximum absolute atomic E-state index is 12.9. The van der Waals surface area contributed by atoms with Crippen molar-refractivity contribution in [3.05, 3.63) is 75.2 Å². The van der Waals surface area contributed by atoms with Crippen LogP contribution in [0.2, 0.25) is 0 Å². The van der Waals surface area contributed by atoms with Gasteiger partial charge < -0.3 is 10.1 Å². The van der Waals surface area contributed by atoms with Crippen LogP contribution in [0.4, 0.5) is 5.00 Å². The lowest BCUT2D eigenvalue weighted by Crippen LogP contribution is -2.15. The summed E-state index contributed by atoms with van der Waals surface area (Å²) >= 11 is 1.39. The van der Waals surface area contributed by atoms with Crippen molar-refractivity contribution in [2.45, 2.75) is 47.0 Å². The first-order chi connectivity index (χ1) is 14.5. The lowest BCUT2D eigenvalue weighted by Gasteiger charge is -2.19. The first-order valence-electron chi connectivity index (χ1n) is 10.2. The second kappa shape index (κ2) is 8.67. The zero-order valence-electron chi connectivity index (χ0n) is 19.2. The fourth-order valence-corrected chi connectivity index (χ4v) is 4.53. The summed E-state index contributed by atoms with van der Waals surface area (Å²) in [5, 5.41) is 3.44. The Morgan fingerprint density at radius 3 is 2.13 bits per heavy atom. The van der Waals surface area contributed by atoms with Crippen LogP contribution in [0.3, 0.4) is 0 Å². The molecule has 162 valence electrons. The maximum atomic E-state index is 12.9. The number of rotatable bonds is 4. The van der Waals surface area contributed by atoms with Crippen LogP contribution >= 0.6 is 11.3 Å². The topological polar surface area (TPSA) is 55.4 Å². The van der Waals surface area contributed by atoms with Crippen molar-refractivity contribution in [1.82, 2.24) is 0 Å². The Kier molecular flexibility index (Phi) is 6.37. The number of nitrogens with one attached hydrogen (secondary N) is 1. The Bertz CT molecular complexity index is 1130. The number of anilines is 1. The number of amides is 1. The van der Waals surface area contributed by atoms with Crippen LogP contribution in [0.25, 0.3) is 11.1 Å². The number of methoxy groups -OCH3 is 1. The molecular weight excluding hydrogens is 406 g/mol. The quantitative estimate of drug-likeness (QED) is 0.465. The molecule has 0 saturated carbocycles. The number of carbonyl (C=O) groups is 2. The van der Waals surface area contributed by atoms with Crippen LogP contribution in [0.5, 0.6) is 0 Å². The molecule has 1 amide bonds. The van der Waals surface area contributed by atoms with Gasteiger partial charge in [0.1, 0.15) is 10.6 Å². The Labute approximate surface area is 188 Å². The number of carbonyl (C=O) groups excluding carboxylic acids is 2. The highest BCUT2D eigenvalue weighted by molar-refractivity contribution is 7.17. The van der Waals surface area contributed by atoms with E-state index in [0.29, 0.717) is 16.1 Å². The standard InChI is InChI=1S/C26H29NO3S/c1-15-8-9-19(14-16(15)2)21-17(3)31-24(22(21)25(29)30-7)27-23(28)18-10-12-20(13-11-18)26(4,5)6/h8-14H,1-7H3,(H,27,28). The second-order valence-corrected chi connectivity index (χ2v) is 10.0. The zero-order valence-corrected chi connectivity index (χ0v) is 20.0. The highest BCUT2D eigenvalue weighted by Gasteiger charge is 2.25. The van der Waals surface area contributed by atoms with E-state index in [1.165, 1.54) is 24.0 Å². The summed E-state index contributed by atoms with van der Waals surface area (Å²) < 4.78 is 5.06. The molecular formula is C26H29NO3S. The van der Waals surface area contributed by atoms with E-state index in [9.17, 15) is 9.59 Å². The summed E-state index contributed by atoms with van der Waals surface area (Å²) in [4.78, 5) is 26.6. The summed E-state index contributed by atoms with van der Waals surface area (Å²) in [5.74, 6) is -0.713. The first kappa shape index (κ1) is 22.8. The largest absolute Gasteiger partial charge is 0.465 e. The molecule has 1 aromatic heterocycles. The molecule has 0 saturated heterocycles. The van der Waals surface area contributed by atoms with Gasteiger partial charge >= 0.3 is 5.97 Å². The third-order valence-electron chi connectivity index (χ3n) is 5.51. The van der Waals surface area contributed by atoms with Crippen molar-refractivity contribution in [3.63, 3.8) is 0 Å². The fraction of sp³-hybridized carbons (Fsp3) is 0.308. The van der Waals surface area contributed by atoms with Crippen LogP contribution in [0.15, 0.2) is 42.5 Å². The highest BCUT2D eigenvalue weighted by Crippen LogP contribution is 2.41. The average Bonchev–Trinajstić information content (AvgIpc) is 3.04. The summed E-state index contributed by atoms with van der Waals surface area (Å²) in [6.07, 6.45) is 0. The Morgan fingerprint density at radius 1 is 0.935 bits per heavy atom. The second-order valence-electron chi connectivity index (χ2n) is 8.81. The van der Waals surface area contributed by atoms with E-state index in [-0.39, 0.29) is 11.3 Å². The normalized spacial score (nSPS) is 11.3. The molecule has 0 atom stereocenters. The first-order valence-corrected chi connectivity index (χ1v) is 11.1. The molecule has 0 bridgehead atoms. The molecule has 1 heterocycles. The van der Waals surface area contributed by atoms with Gasteiger partial charge in [0.2, 0.25) is 0 Å². The van der Waals surface area contributed by atoms with Gasteiger partial charge in [-0.3, -0.25) is 4.79 Å². The van der Waals surface area contributed by atoms with Crippen LogP contribution < -0.4 is 5.32 Å². The molecule has 1 N–H and O–H groups in total. The molecule has 0 aliphatic carbocycles. The predicted octanol–water partition coefficient (Wildman–Crippen LogP) is 6.68. The minimum atomic E-state index is -0.462. The van der Waals surface area contributed by atoms with Gasteiger partial charge in [-0.2, -0.15) is 0 Å². The van der Waals surface area contributed by atoms with E-state index in [4.69, 9.17) is 4.74 Å². The van der Waals surface area contributed by atoms with Gasteiger partial charge in [-0.15, -0.1) is 11.3 Å². The molecule has 31 heavy (non-hydrogen) atoms. The summed E-state index contributed by atoms with van der Waals surface area (Å²) in [7, 11) is 1.36. The summed E-state index contributed by atoms with van der Waals surface area (Å²) in [6.45, 7) is 12.4. The molecule has 2 aromatic carbocycles. The number of ether oxygens (including phenoxy) is 1. The molecule has 0 spiro atoms. The molecule has 0 aliphatic heterocycles. The average molecular weight is 436 g/mol. The fourth-order valence-electron chi connectivity index (χ4n) is 3.47. The number of benzene rings is 2. The van der Waals surface area contributed by atoms with Gasteiger partial charge in [-0.1, -0.05) is 51.1 Å². The lowest BCUT2D eigenvalue weighted by molar-refractivity contribution is 0.0603. The monoisotopic (exact) mass is 435 g/mol. The minimum absolute atomic E-state index is 0.0129. The van der Waals surface area contributed by atoms with Crippen molar-refractivity contribution < 1.29 is 14.3 Å². The van der Waals surface area contributed by atoms with Gasteiger partial charge in [-0.25, -0.2) is 4.79 Å². The van der Waals surface area contributed by atoms with E-state index in [0.717, 1.165) is 27.1 Å². The number of hydrogen-bond acceptors (Lipinski definition) is 4. The van der Waals surface area contributed by atoms with E-state index < -0.39 is 5.97 Å². The number of aryl methyl sites for hydroxylation is 3. The van der Waals surface area contributed by atoms with Crippen LogP contribution in [-0.4, -0.2) is 19.0 Å². The zero-order chi connectivity index (χ0) is 22.9. The van der Waals surface area contributed by atoms with Crippen molar-refractivity contribution in [1.29, 1.82) is 0 Å². The Balaban J connectivity index is 2.00. The number of esters is 1. The maximum Gasteiger partial charge on any atom is 0.341 e. The SMILES string of the molecule is COC(=O)c1c(NC(=O)c2ccc(C(C)(C)C)cc2)sc(C)c1-c1ccc(C)c(C)c1. The van der Waals surface area contributed by atoms with E-state index in [1.54, 1.807) is 0 Å². The summed E-state index contributed by atoms with van der Waals surface area (Å²) in [6, 6.07) is 13.7. The number of thiophene rings is 1. The van der Waals surface area contributed by atoms with Crippen molar-refractivity contribution in [2.75, 3.05) is 12.4 Å². The molecule has 0 fully saturated rings. The smallest absolute Gasteiger partial charge is 0.341 e. The third kappa shape index (κ3) is 4.72. The molecule has 0 radical (unpaired) electrons. The Hall–Kier alpha value is -2.92. The van der Waals surface area contributed by atoms with Gasteiger partial charge in [-0.05, 0) is 60.6 Å². The third-order valence-corrected chi connectivity index (χ3v) is 6.53. The molecule has 4 nitrogen and oxygen atoms in total. The predicted molar refractivity (Wildman–Crippen MR) is 128 cm³/mol. The van der Waals surface area contributed by atoms with E-state index >= 15 is 0 Å². The van der Waals surface area contributed by atoms with Crippen molar-refractivity contribution in [3.8, 4) is 11.1 Å². The van der Waals surface area contributed by atoms with Gasteiger partial charge in [0.15, 0.2) is 0 Å². The Morgan fingerprint density at radius 2 is 1.58 bits per heavy atom. The summed E-state index contributed by atoms with van der Waals surface area (Å²) in [5.41, 5.74) is 6.18. The van der Waals surface area contributed by atoms with E-state index in [1.807, 2.05) is 50.2 Å². The van der Waals surface area contributed by atoms with Crippen LogP contribution in [0, 0.1) is 20.8 Å². The van der Waals surface area contributed by atoms with Gasteiger partial charge in [0.05, 0.1) is 7.11 Å². The van der Waals surface area contributed by atoms with E-state index in [2.05, 4.69) is 39.1 Å². The molecule has 3 rings (SSSR count). The molecule has 3 aromatic rings. The van der Waals surface area contributed by atoms with Gasteiger partial charge in [0, 0.05) is 16.0 Å². The van der Waals surface area contributed by atoms with Crippen molar-refractivity contribution >= 4 is 28.2 Å². The molecule has 0 unspecified atom stereocenters. The minimum Gasteiger partial charge on any atom is -0.465 e. The van der Waals surface area contributed by atoms with Crippen molar-refractivity contribution in [2.24, 2.45) is 0 Å².